The molecule has 2 heterocycles. The van der Waals surface area contributed by atoms with Gasteiger partial charge in [0.05, 0.1) is 10.2 Å². The topological polar surface area (TPSA) is 63.1 Å². The van der Waals surface area contributed by atoms with Crippen molar-refractivity contribution in [1.82, 2.24) is 9.97 Å². The van der Waals surface area contributed by atoms with Crippen LogP contribution in [-0.4, -0.2) is 21.0 Å². The summed E-state index contributed by atoms with van der Waals surface area (Å²) >= 11 is 1.54. The largest absolute Gasteiger partial charge is 0.477 e. The third-order valence-electron chi connectivity index (χ3n) is 2.52. The number of aromatic carboxylic acids is 1. The van der Waals surface area contributed by atoms with Gasteiger partial charge in [0.1, 0.15) is 10.7 Å². The molecule has 3 aromatic rings. The van der Waals surface area contributed by atoms with Gasteiger partial charge >= 0.3 is 5.97 Å². The number of fused-ring (bicyclic) bond motifs is 1. The average molecular weight is 256 g/mol. The Bertz CT molecular complexity index is 703. The number of carboxylic acid groups (broad SMARTS) is 1. The predicted molar refractivity (Wildman–Crippen MR) is 69.8 cm³/mol. The molecule has 0 aliphatic heterocycles. The zero-order valence-electron chi connectivity index (χ0n) is 9.20. The van der Waals surface area contributed by atoms with E-state index in [-0.39, 0.29) is 5.69 Å². The van der Waals surface area contributed by atoms with Crippen LogP contribution in [-0.2, 0) is 0 Å². The lowest BCUT2D eigenvalue weighted by molar-refractivity contribution is 0.0690. The van der Waals surface area contributed by atoms with Gasteiger partial charge in [-0.05, 0) is 24.3 Å². The van der Waals surface area contributed by atoms with Crippen molar-refractivity contribution in [2.24, 2.45) is 0 Å². The standard InChI is InChI=1S/C13H8N2O2S/c16-13(17)10-7-8(5-6-14-10)12-15-9-3-1-2-4-11(9)18-12/h1-7H,(H,16,17). The summed E-state index contributed by atoms with van der Waals surface area (Å²) in [7, 11) is 0. The van der Waals surface area contributed by atoms with Crippen LogP contribution < -0.4 is 0 Å². The Labute approximate surface area is 107 Å². The number of nitrogens with zero attached hydrogens (tertiary/aromatic N) is 2. The number of aromatic nitrogens is 2. The lowest BCUT2D eigenvalue weighted by atomic mass is 10.2. The van der Waals surface area contributed by atoms with Crippen LogP contribution in [0.3, 0.4) is 0 Å². The van der Waals surface area contributed by atoms with Gasteiger partial charge in [-0.25, -0.2) is 14.8 Å². The number of hydrogen-bond acceptors (Lipinski definition) is 4. The molecule has 5 heteroatoms. The normalized spacial score (nSPS) is 10.7. The molecule has 0 aliphatic rings. The van der Waals surface area contributed by atoms with Crippen LogP contribution in [0.5, 0.6) is 0 Å². The van der Waals surface area contributed by atoms with Gasteiger partial charge in [0, 0.05) is 11.8 Å². The Morgan fingerprint density at radius 2 is 2.06 bits per heavy atom. The van der Waals surface area contributed by atoms with E-state index in [1.165, 1.54) is 17.5 Å². The number of benzene rings is 1. The van der Waals surface area contributed by atoms with Crippen LogP contribution in [0.2, 0.25) is 0 Å². The third kappa shape index (κ3) is 1.84. The van der Waals surface area contributed by atoms with Crippen LogP contribution in [0.1, 0.15) is 10.5 Å². The minimum Gasteiger partial charge on any atom is -0.477 e. The van der Waals surface area contributed by atoms with Gasteiger partial charge in [-0.15, -0.1) is 11.3 Å². The summed E-state index contributed by atoms with van der Waals surface area (Å²) in [6.07, 6.45) is 1.49. The van der Waals surface area contributed by atoms with E-state index in [4.69, 9.17) is 5.11 Å². The van der Waals surface area contributed by atoms with Crippen LogP contribution >= 0.6 is 11.3 Å². The highest BCUT2D eigenvalue weighted by Gasteiger charge is 2.09. The molecule has 0 spiro atoms. The Morgan fingerprint density at radius 3 is 2.83 bits per heavy atom. The highest BCUT2D eigenvalue weighted by atomic mass is 32.1. The quantitative estimate of drug-likeness (QED) is 0.765. The number of pyridine rings is 1. The first kappa shape index (κ1) is 10.9. The van der Waals surface area contributed by atoms with E-state index in [0.717, 1.165) is 20.8 Å². The molecule has 0 bridgehead atoms. The highest BCUT2D eigenvalue weighted by Crippen LogP contribution is 2.29. The van der Waals surface area contributed by atoms with Crippen molar-refractivity contribution in [1.29, 1.82) is 0 Å². The Balaban J connectivity index is 2.13. The van der Waals surface area contributed by atoms with E-state index in [2.05, 4.69) is 9.97 Å². The van der Waals surface area contributed by atoms with Gasteiger partial charge in [-0.1, -0.05) is 12.1 Å². The number of hydrogen-bond donors (Lipinski definition) is 1. The van der Waals surface area contributed by atoms with E-state index in [9.17, 15) is 4.79 Å². The maximum Gasteiger partial charge on any atom is 0.354 e. The van der Waals surface area contributed by atoms with E-state index >= 15 is 0 Å². The second kappa shape index (κ2) is 4.19. The zero-order valence-corrected chi connectivity index (χ0v) is 10.0. The van der Waals surface area contributed by atoms with Gasteiger partial charge in [-0.3, -0.25) is 0 Å². The maximum atomic E-state index is 10.9. The summed E-state index contributed by atoms with van der Waals surface area (Å²) in [6, 6.07) is 11.1. The van der Waals surface area contributed by atoms with Crippen molar-refractivity contribution in [3.8, 4) is 10.6 Å². The molecular formula is C13H8N2O2S. The van der Waals surface area contributed by atoms with Crippen LogP contribution in [0.4, 0.5) is 0 Å². The molecule has 0 fully saturated rings. The molecule has 0 saturated carbocycles. The molecule has 0 saturated heterocycles. The fourth-order valence-corrected chi connectivity index (χ4v) is 2.64. The Hall–Kier alpha value is -2.27. The molecule has 0 radical (unpaired) electrons. The molecule has 0 aliphatic carbocycles. The molecule has 4 nitrogen and oxygen atoms in total. The minimum atomic E-state index is -1.03. The minimum absolute atomic E-state index is 0.0340. The molecule has 1 N–H and O–H groups in total. The number of para-hydroxylation sites is 1. The predicted octanol–water partition coefficient (Wildman–Crippen LogP) is 3.06. The molecule has 1 aromatic carbocycles. The van der Waals surface area contributed by atoms with Crippen molar-refractivity contribution in [3.05, 3.63) is 48.3 Å². The van der Waals surface area contributed by atoms with E-state index < -0.39 is 5.97 Å². The first-order valence-electron chi connectivity index (χ1n) is 5.29. The third-order valence-corrected chi connectivity index (χ3v) is 3.61. The van der Waals surface area contributed by atoms with Gasteiger partial charge in [0.15, 0.2) is 0 Å². The Morgan fingerprint density at radius 1 is 1.22 bits per heavy atom. The van der Waals surface area contributed by atoms with Crippen molar-refractivity contribution < 1.29 is 9.90 Å². The highest BCUT2D eigenvalue weighted by molar-refractivity contribution is 7.21. The monoisotopic (exact) mass is 256 g/mol. The first-order chi connectivity index (χ1) is 8.74. The fourth-order valence-electron chi connectivity index (χ4n) is 1.68. The first-order valence-corrected chi connectivity index (χ1v) is 6.11. The van der Waals surface area contributed by atoms with Crippen molar-refractivity contribution in [2.45, 2.75) is 0 Å². The van der Waals surface area contributed by atoms with Gasteiger partial charge in [-0.2, -0.15) is 0 Å². The van der Waals surface area contributed by atoms with Crippen LogP contribution in [0.25, 0.3) is 20.8 Å². The van der Waals surface area contributed by atoms with E-state index in [1.807, 2.05) is 24.3 Å². The second-order valence-corrected chi connectivity index (χ2v) is 4.75. The van der Waals surface area contributed by atoms with Crippen LogP contribution in [0, 0.1) is 0 Å². The summed E-state index contributed by atoms with van der Waals surface area (Å²) in [4.78, 5) is 19.2. The molecule has 3 rings (SSSR count). The molecule has 0 amide bonds. The summed E-state index contributed by atoms with van der Waals surface area (Å²) in [5.41, 5.74) is 1.74. The number of rotatable bonds is 2. The van der Waals surface area contributed by atoms with Crippen LogP contribution in [0.15, 0.2) is 42.6 Å². The maximum absolute atomic E-state index is 10.9. The molecular weight excluding hydrogens is 248 g/mol. The fraction of sp³-hybridized carbons (Fsp3) is 0. The second-order valence-electron chi connectivity index (χ2n) is 3.72. The van der Waals surface area contributed by atoms with Crippen molar-refractivity contribution >= 4 is 27.5 Å². The number of carboxylic acids is 1. The van der Waals surface area contributed by atoms with Crippen molar-refractivity contribution in [3.63, 3.8) is 0 Å². The Kier molecular flexibility index (Phi) is 2.53. The molecule has 18 heavy (non-hydrogen) atoms. The molecule has 2 aromatic heterocycles. The summed E-state index contributed by atoms with van der Waals surface area (Å²) in [5, 5.41) is 9.72. The smallest absolute Gasteiger partial charge is 0.354 e. The SMILES string of the molecule is O=C(O)c1cc(-c2nc3ccccc3s2)ccn1. The average Bonchev–Trinajstić information content (AvgIpc) is 2.82. The van der Waals surface area contributed by atoms with Crippen molar-refractivity contribution in [2.75, 3.05) is 0 Å². The van der Waals surface area contributed by atoms with E-state index in [1.54, 1.807) is 12.1 Å². The molecule has 0 atom stereocenters. The number of carbonyl (C=O) groups is 1. The van der Waals surface area contributed by atoms with Gasteiger partial charge in [0.2, 0.25) is 0 Å². The van der Waals surface area contributed by atoms with Gasteiger partial charge < -0.3 is 5.11 Å². The lowest BCUT2D eigenvalue weighted by Gasteiger charge is -1.97. The summed E-state index contributed by atoms with van der Waals surface area (Å²) in [5.74, 6) is -1.03. The number of thiazole rings is 1. The molecule has 0 unspecified atom stereocenters. The van der Waals surface area contributed by atoms with Gasteiger partial charge in [0.25, 0.3) is 0 Å². The summed E-state index contributed by atoms with van der Waals surface area (Å²) < 4.78 is 1.08. The van der Waals surface area contributed by atoms with E-state index in [0.29, 0.717) is 0 Å². The lowest BCUT2D eigenvalue weighted by Crippen LogP contribution is -1.99. The molecule has 88 valence electrons. The summed E-state index contributed by atoms with van der Waals surface area (Å²) in [6.45, 7) is 0. The zero-order chi connectivity index (χ0) is 12.5.